The molecule has 4 atom stereocenters. The van der Waals surface area contributed by atoms with E-state index >= 15 is 0 Å². The molecule has 3 N–H and O–H groups in total. The summed E-state index contributed by atoms with van der Waals surface area (Å²) in [7, 11) is 1.64. The van der Waals surface area contributed by atoms with Crippen LogP contribution in [0.2, 0.25) is 0 Å². The van der Waals surface area contributed by atoms with Crippen LogP contribution in [0.3, 0.4) is 0 Å². The van der Waals surface area contributed by atoms with Gasteiger partial charge in [0.2, 0.25) is 0 Å². The van der Waals surface area contributed by atoms with E-state index in [1.807, 2.05) is 25.1 Å². The number of benzene rings is 2. The molecule has 6 heteroatoms. The fourth-order valence-corrected chi connectivity index (χ4v) is 5.33. The first-order chi connectivity index (χ1) is 14.5. The van der Waals surface area contributed by atoms with Crippen LogP contribution in [-0.4, -0.2) is 53.1 Å². The largest absolute Gasteiger partial charge is 0.496 e. The van der Waals surface area contributed by atoms with Crippen molar-refractivity contribution in [1.29, 1.82) is 0 Å². The van der Waals surface area contributed by atoms with Crippen molar-refractivity contribution in [2.75, 3.05) is 20.3 Å². The van der Waals surface area contributed by atoms with E-state index in [9.17, 15) is 15.3 Å². The Hall–Kier alpha value is -1.73. The summed E-state index contributed by atoms with van der Waals surface area (Å²) in [5, 5.41) is 29.8. The minimum absolute atomic E-state index is 0.117. The van der Waals surface area contributed by atoms with Crippen molar-refractivity contribution < 1.29 is 24.8 Å². The zero-order valence-electron chi connectivity index (χ0n) is 17.9. The monoisotopic (exact) mass is 432 g/mol. The second kappa shape index (κ2) is 10.5. The van der Waals surface area contributed by atoms with Gasteiger partial charge in [0.15, 0.2) is 0 Å². The average molecular weight is 433 g/mol. The Morgan fingerprint density at radius 3 is 2.43 bits per heavy atom. The van der Waals surface area contributed by atoms with Crippen LogP contribution in [0.4, 0.5) is 0 Å². The maximum Gasteiger partial charge on any atom is 0.123 e. The van der Waals surface area contributed by atoms with E-state index in [4.69, 9.17) is 9.47 Å². The molecule has 2 aromatic carbocycles. The molecule has 0 bridgehead atoms. The van der Waals surface area contributed by atoms with Gasteiger partial charge >= 0.3 is 0 Å². The first-order valence-electron chi connectivity index (χ1n) is 10.5. The van der Waals surface area contributed by atoms with E-state index < -0.39 is 12.2 Å². The molecule has 1 saturated heterocycles. The van der Waals surface area contributed by atoms with E-state index in [1.54, 1.807) is 7.11 Å². The zero-order valence-corrected chi connectivity index (χ0v) is 18.7. The summed E-state index contributed by atoms with van der Waals surface area (Å²) < 4.78 is 11.1. The molecular formula is C24H32O5S. The fourth-order valence-electron chi connectivity index (χ4n) is 3.95. The molecule has 1 aliphatic rings. The van der Waals surface area contributed by atoms with E-state index in [0.29, 0.717) is 6.61 Å². The number of aliphatic hydroxyl groups is 3. The van der Waals surface area contributed by atoms with Gasteiger partial charge in [-0.05, 0) is 61.6 Å². The maximum atomic E-state index is 10.6. The lowest BCUT2D eigenvalue weighted by Crippen LogP contribution is -2.39. The van der Waals surface area contributed by atoms with Gasteiger partial charge in [-0.2, -0.15) is 0 Å². The topological polar surface area (TPSA) is 79.2 Å². The Morgan fingerprint density at radius 2 is 1.80 bits per heavy atom. The van der Waals surface area contributed by atoms with Gasteiger partial charge in [-0.15, -0.1) is 11.8 Å². The summed E-state index contributed by atoms with van der Waals surface area (Å²) in [6.45, 7) is 4.59. The number of ether oxygens (including phenoxy) is 2. The summed E-state index contributed by atoms with van der Waals surface area (Å²) in [4.78, 5) is 0. The van der Waals surface area contributed by atoms with Crippen molar-refractivity contribution in [2.24, 2.45) is 0 Å². The van der Waals surface area contributed by atoms with Crippen molar-refractivity contribution in [2.45, 2.75) is 55.8 Å². The molecule has 3 unspecified atom stereocenters. The molecule has 30 heavy (non-hydrogen) atoms. The number of aliphatic hydroxyl groups excluding tert-OH is 3. The van der Waals surface area contributed by atoms with Gasteiger partial charge in [0.05, 0.1) is 43.0 Å². The molecule has 1 aliphatic heterocycles. The third-order valence-corrected chi connectivity index (χ3v) is 7.35. The lowest BCUT2D eigenvalue weighted by Gasteiger charge is -2.36. The Bertz CT molecular complexity index is 823. The Kier molecular flexibility index (Phi) is 8.06. The first kappa shape index (κ1) is 22.9. The van der Waals surface area contributed by atoms with Crippen LogP contribution < -0.4 is 9.47 Å². The summed E-state index contributed by atoms with van der Waals surface area (Å²) in [6, 6.07) is 12.3. The maximum absolute atomic E-state index is 10.6. The van der Waals surface area contributed by atoms with E-state index in [0.717, 1.165) is 35.5 Å². The van der Waals surface area contributed by atoms with Gasteiger partial charge in [-0.3, -0.25) is 0 Å². The molecule has 2 aromatic rings. The van der Waals surface area contributed by atoms with Crippen LogP contribution in [0.15, 0.2) is 36.4 Å². The highest BCUT2D eigenvalue weighted by atomic mass is 32.2. The lowest BCUT2D eigenvalue weighted by molar-refractivity contribution is 0.0571. The molecule has 0 aliphatic carbocycles. The molecule has 0 aromatic heterocycles. The zero-order chi connectivity index (χ0) is 21.7. The van der Waals surface area contributed by atoms with Crippen molar-refractivity contribution in [3.05, 3.63) is 58.7 Å². The van der Waals surface area contributed by atoms with E-state index in [1.165, 1.54) is 22.9 Å². The molecule has 0 spiro atoms. The number of thioether (sulfide) groups is 1. The fraction of sp³-hybridized carbons (Fsp3) is 0.500. The van der Waals surface area contributed by atoms with Crippen molar-refractivity contribution in [3.63, 3.8) is 0 Å². The van der Waals surface area contributed by atoms with Gasteiger partial charge in [-0.25, -0.2) is 0 Å². The van der Waals surface area contributed by atoms with Crippen molar-refractivity contribution in [1.82, 2.24) is 0 Å². The Morgan fingerprint density at radius 1 is 1.07 bits per heavy atom. The number of aryl methyl sites for hydroxylation is 3. The predicted octanol–water partition coefficient (Wildman–Crippen LogP) is 3.45. The first-order valence-corrected chi connectivity index (χ1v) is 11.4. The van der Waals surface area contributed by atoms with Gasteiger partial charge < -0.3 is 24.8 Å². The number of rotatable bonds is 8. The number of hydrogen-bond donors (Lipinski definition) is 3. The normalized spacial score (nSPS) is 23.9. The summed E-state index contributed by atoms with van der Waals surface area (Å²) >= 11 is 1.42. The van der Waals surface area contributed by atoms with Crippen LogP contribution in [-0.2, 0) is 12.8 Å². The molecule has 1 fully saturated rings. The molecule has 1 heterocycles. The van der Waals surface area contributed by atoms with Gasteiger partial charge in [0, 0.05) is 12.0 Å². The third-order valence-electron chi connectivity index (χ3n) is 5.68. The molecule has 0 amide bonds. The second-order valence-electron chi connectivity index (χ2n) is 7.75. The van der Waals surface area contributed by atoms with E-state index in [2.05, 4.69) is 25.1 Å². The highest BCUT2D eigenvalue weighted by molar-refractivity contribution is 8.00. The van der Waals surface area contributed by atoms with Gasteiger partial charge in [0.25, 0.3) is 0 Å². The summed E-state index contributed by atoms with van der Waals surface area (Å²) in [5.74, 6) is 1.62. The Labute approximate surface area is 183 Å². The van der Waals surface area contributed by atoms with Crippen molar-refractivity contribution in [3.8, 4) is 11.5 Å². The molecule has 3 rings (SSSR count). The molecule has 5 nitrogen and oxygen atoms in total. The predicted molar refractivity (Wildman–Crippen MR) is 121 cm³/mol. The third kappa shape index (κ3) is 5.30. The standard InChI is InChI=1S/C24H32O5S/c1-4-29-18-9-6-16(7-10-18)5-8-17-12-19(22(28-3)11-15(17)2)24-21(27)13-20(26)23(14-25)30-24/h6-7,9-12,20-21,23-27H,4-5,8,13-14H2,1-3H3/t20-,21?,23?,24?/m0/s1. The van der Waals surface area contributed by atoms with Crippen LogP contribution in [0.25, 0.3) is 0 Å². The van der Waals surface area contributed by atoms with Gasteiger partial charge in [0.1, 0.15) is 11.5 Å². The second-order valence-corrected chi connectivity index (χ2v) is 9.13. The lowest BCUT2D eigenvalue weighted by atomic mass is 9.93. The molecular weight excluding hydrogens is 400 g/mol. The minimum Gasteiger partial charge on any atom is -0.496 e. The van der Waals surface area contributed by atoms with Crippen LogP contribution in [0.1, 0.15) is 40.8 Å². The van der Waals surface area contributed by atoms with E-state index in [-0.39, 0.29) is 23.5 Å². The number of hydrogen-bond acceptors (Lipinski definition) is 6. The quantitative estimate of drug-likeness (QED) is 0.593. The van der Waals surface area contributed by atoms with Crippen molar-refractivity contribution >= 4 is 11.8 Å². The highest BCUT2D eigenvalue weighted by Gasteiger charge is 2.38. The highest BCUT2D eigenvalue weighted by Crippen LogP contribution is 2.46. The summed E-state index contributed by atoms with van der Waals surface area (Å²) in [5.41, 5.74) is 4.52. The Balaban J connectivity index is 1.80. The molecule has 0 saturated carbocycles. The van der Waals surface area contributed by atoms with Gasteiger partial charge in [-0.1, -0.05) is 18.2 Å². The summed E-state index contributed by atoms with van der Waals surface area (Å²) in [6.07, 6.45) is 0.625. The minimum atomic E-state index is -0.707. The molecule has 0 radical (unpaired) electrons. The van der Waals surface area contributed by atoms with Crippen LogP contribution in [0, 0.1) is 6.92 Å². The SMILES string of the molecule is CCOc1ccc(CCc2cc(C3SC(CO)[C@@H](O)CC3O)c(OC)cc2C)cc1. The average Bonchev–Trinajstić information content (AvgIpc) is 2.74. The smallest absolute Gasteiger partial charge is 0.123 e. The number of methoxy groups -OCH3 is 1. The van der Waals surface area contributed by atoms with Crippen LogP contribution in [0.5, 0.6) is 11.5 Å². The molecule has 164 valence electrons. The van der Waals surface area contributed by atoms with Crippen LogP contribution >= 0.6 is 11.8 Å².